The summed E-state index contributed by atoms with van der Waals surface area (Å²) < 4.78 is 27.8. The zero-order chi connectivity index (χ0) is 18.1. The van der Waals surface area contributed by atoms with Crippen molar-refractivity contribution in [3.05, 3.63) is 96.4 Å². The summed E-state index contributed by atoms with van der Waals surface area (Å²) in [6.45, 7) is 0. The molecular formula is C20H16N2O3S. The molecule has 0 saturated carbocycles. The molecule has 26 heavy (non-hydrogen) atoms. The number of nitrogens with zero attached hydrogens (tertiary/aromatic N) is 2. The molecule has 0 bridgehead atoms. The Morgan fingerprint density at radius 1 is 0.923 bits per heavy atom. The molecule has 0 fully saturated rings. The predicted octanol–water partition coefficient (Wildman–Crippen LogP) is 3.36. The maximum absolute atomic E-state index is 13.3. The SMILES string of the molecule is O=S(=O)(c1ccccc1)n1c(C(O)c2ccccc2)cc2ccncc21. The molecule has 2 heterocycles. The summed E-state index contributed by atoms with van der Waals surface area (Å²) in [5.41, 5.74) is 1.33. The standard InChI is InChI=1S/C20H16N2O3S/c23-20(15-7-3-1-4-8-15)18-13-16-11-12-21-14-19(16)22(18)26(24,25)17-9-5-2-6-10-17/h1-14,20,23H. The van der Waals surface area contributed by atoms with E-state index in [1.54, 1.807) is 60.8 Å². The normalized spacial score (nSPS) is 13.0. The largest absolute Gasteiger partial charge is 0.382 e. The van der Waals surface area contributed by atoms with E-state index >= 15 is 0 Å². The van der Waals surface area contributed by atoms with Crippen molar-refractivity contribution in [2.75, 3.05) is 0 Å². The van der Waals surface area contributed by atoms with E-state index in [0.29, 0.717) is 16.5 Å². The van der Waals surface area contributed by atoms with Gasteiger partial charge in [0.2, 0.25) is 0 Å². The quantitative estimate of drug-likeness (QED) is 0.603. The second kappa shape index (κ2) is 6.40. The number of aliphatic hydroxyl groups excluding tert-OH is 1. The van der Waals surface area contributed by atoms with Crippen LogP contribution in [0.2, 0.25) is 0 Å². The minimum absolute atomic E-state index is 0.155. The van der Waals surface area contributed by atoms with E-state index in [-0.39, 0.29) is 10.6 Å². The van der Waals surface area contributed by atoms with E-state index in [0.717, 1.165) is 0 Å². The first-order valence-electron chi connectivity index (χ1n) is 8.08. The molecule has 1 atom stereocenters. The van der Waals surface area contributed by atoms with Crippen LogP contribution in [0.25, 0.3) is 10.9 Å². The molecule has 4 rings (SSSR count). The van der Waals surface area contributed by atoms with Crippen LogP contribution < -0.4 is 0 Å². The average molecular weight is 364 g/mol. The van der Waals surface area contributed by atoms with E-state index in [1.165, 1.54) is 22.3 Å². The zero-order valence-corrected chi connectivity index (χ0v) is 14.5. The third kappa shape index (κ3) is 2.69. The Morgan fingerprint density at radius 3 is 2.27 bits per heavy atom. The molecule has 0 amide bonds. The summed E-state index contributed by atoms with van der Waals surface area (Å²) in [5, 5.41) is 11.6. The summed E-state index contributed by atoms with van der Waals surface area (Å²) in [5.74, 6) is 0. The lowest BCUT2D eigenvalue weighted by Gasteiger charge is -2.16. The Labute approximate surface area is 151 Å². The van der Waals surface area contributed by atoms with Gasteiger partial charge < -0.3 is 5.11 Å². The average Bonchev–Trinajstić information content (AvgIpc) is 3.09. The number of benzene rings is 2. The fourth-order valence-electron chi connectivity index (χ4n) is 3.01. The van der Waals surface area contributed by atoms with Crippen LogP contribution in [0.15, 0.2) is 90.1 Å². The highest BCUT2D eigenvalue weighted by Crippen LogP contribution is 2.31. The van der Waals surface area contributed by atoms with Crippen LogP contribution in [-0.2, 0) is 10.0 Å². The Morgan fingerprint density at radius 2 is 1.58 bits per heavy atom. The summed E-state index contributed by atoms with van der Waals surface area (Å²) in [4.78, 5) is 4.21. The molecule has 5 nitrogen and oxygen atoms in total. The topological polar surface area (TPSA) is 72.2 Å². The minimum atomic E-state index is -3.89. The molecule has 0 aliphatic heterocycles. The van der Waals surface area contributed by atoms with E-state index in [1.807, 2.05) is 6.07 Å². The van der Waals surface area contributed by atoms with Gasteiger partial charge in [0.05, 0.1) is 22.3 Å². The Balaban J connectivity index is 1.99. The molecule has 130 valence electrons. The van der Waals surface area contributed by atoms with Crippen LogP contribution in [0.5, 0.6) is 0 Å². The monoisotopic (exact) mass is 364 g/mol. The fourth-order valence-corrected chi connectivity index (χ4v) is 4.56. The third-order valence-electron chi connectivity index (χ3n) is 4.27. The molecule has 2 aromatic carbocycles. The summed E-state index contributed by atoms with van der Waals surface area (Å²) in [7, 11) is -3.89. The van der Waals surface area contributed by atoms with E-state index in [9.17, 15) is 13.5 Å². The van der Waals surface area contributed by atoms with Crippen molar-refractivity contribution in [1.29, 1.82) is 0 Å². The van der Waals surface area contributed by atoms with Crippen molar-refractivity contribution in [3.8, 4) is 0 Å². The van der Waals surface area contributed by atoms with E-state index < -0.39 is 16.1 Å². The fraction of sp³-hybridized carbons (Fsp3) is 0.0500. The number of aromatic nitrogens is 2. The number of hydrogen-bond donors (Lipinski definition) is 1. The molecule has 1 unspecified atom stereocenters. The predicted molar refractivity (Wildman–Crippen MR) is 99.3 cm³/mol. The molecular weight excluding hydrogens is 348 g/mol. The Bertz CT molecular complexity index is 1150. The van der Waals surface area contributed by atoms with Crippen molar-refractivity contribution >= 4 is 20.9 Å². The van der Waals surface area contributed by atoms with E-state index in [2.05, 4.69) is 4.98 Å². The van der Waals surface area contributed by atoms with Crippen molar-refractivity contribution in [2.24, 2.45) is 0 Å². The Hall–Kier alpha value is -2.96. The van der Waals surface area contributed by atoms with Gasteiger partial charge in [-0.1, -0.05) is 48.5 Å². The van der Waals surface area contributed by atoms with Gasteiger partial charge in [0.15, 0.2) is 0 Å². The number of aliphatic hydroxyl groups is 1. The number of pyridine rings is 1. The zero-order valence-electron chi connectivity index (χ0n) is 13.7. The molecule has 0 spiro atoms. The summed E-state index contributed by atoms with van der Waals surface area (Å²) >= 11 is 0. The van der Waals surface area contributed by atoms with Crippen LogP contribution in [0.1, 0.15) is 17.4 Å². The summed E-state index contributed by atoms with van der Waals surface area (Å²) in [6.07, 6.45) is 2.01. The maximum atomic E-state index is 13.3. The molecule has 0 aliphatic rings. The van der Waals surface area contributed by atoms with Crippen molar-refractivity contribution < 1.29 is 13.5 Å². The van der Waals surface area contributed by atoms with Gasteiger partial charge in [-0.2, -0.15) is 0 Å². The van der Waals surface area contributed by atoms with Gasteiger partial charge in [0.1, 0.15) is 6.10 Å². The van der Waals surface area contributed by atoms with Crippen LogP contribution in [0.4, 0.5) is 0 Å². The van der Waals surface area contributed by atoms with Crippen LogP contribution >= 0.6 is 0 Å². The van der Waals surface area contributed by atoms with Crippen LogP contribution in [0, 0.1) is 0 Å². The van der Waals surface area contributed by atoms with Crippen molar-refractivity contribution in [2.45, 2.75) is 11.0 Å². The first-order valence-corrected chi connectivity index (χ1v) is 9.52. The molecule has 2 aromatic heterocycles. The third-order valence-corrected chi connectivity index (χ3v) is 6.02. The lowest BCUT2D eigenvalue weighted by Crippen LogP contribution is -2.18. The van der Waals surface area contributed by atoms with Gasteiger partial charge in [-0.25, -0.2) is 12.4 Å². The lowest BCUT2D eigenvalue weighted by molar-refractivity contribution is 0.214. The first-order chi connectivity index (χ1) is 12.6. The van der Waals surface area contributed by atoms with E-state index in [4.69, 9.17) is 0 Å². The Kier molecular flexibility index (Phi) is 4.06. The molecule has 0 aliphatic carbocycles. The number of rotatable bonds is 4. The maximum Gasteiger partial charge on any atom is 0.268 e. The minimum Gasteiger partial charge on any atom is -0.382 e. The van der Waals surface area contributed by atoms with Gasteiger partial charge in [-0.3, -0.25) is 4.98 Å². The van der Waals surface area contributed by atoms with Gasteiger partial charge in [-0.05, 0) is 29.8 Å². The molecule has 0 radical (unpaired) electrons. The molecule has 1 N–H and O–H groups in total. The number of fused-ring (bicyclic) bond motifs is 1. The highest BCUT2D eigenvalue weighted by Gasteiger charge is 2.27. The number of hydrogen-bond acceptors (Lipinski definition) is 4. The first kappa shape index (κ1) is 16.5. The molecule has 4 aromatic rings. The highest BCUT2D eigenvalue weighted by molar-refractivity contribution is 7.90. The van der Waals surface area contributed by atoms with Gasteiger partial charge in [0, 0.05) is 11.6 Å². The van der Waals surface area contributed by atoms with Crippen molar-refractivity contribution in [3.63, 3.8) is 0 Å². The lowest BCUT2D eigenvalue weighted by atomic mass is 10.1. The van der Waals surface area contributed by atoms with Gasteiger partial charge >= 0.3 is 0 Å². The van der Waals surface area contributed by atoms with Gasteiger partial charge in [-0.15, -0.1) is 0 Å². The van der Waals surface area contributed by atoms with Crippen molar-refractivity contribution in [1.82, 2.24) is 8.96 Å². The summed E-state index contributed by atoms with van der Waals surface area (Å²) in [6, 6.07) is 20.6. The molecule has 0 saturated heterocycles. The highest BCUT2D eigenvalue weighted by atomic mass is 32.2. The second-order valence-electron chi connectivity index (χ2n) is 5.90. The van der Waals surface area contributed by atoms with Crippen LogP contribution in [0.3, 0.4) is 0 Å². The molecule has 6 heteroatoms. The van der Waals surface area contributed by atoms with Crippen LogP contribution in [-0.4, -0.2) is 22.5 Å². The smallest absolute Gasteiger partial charge is 0.268 e. The second-order valence-corrected chi connectivity index (χ2v) is 7.69. The van der Waals surface area contributed by atoms with Gasteiger partial charge in [0.25, 0.3) is 10.0 Å².